The lowest BCUT2D eigenvalue weighted by molar-refractivity contribution is -0.00574. The number of nitrogens with one attached hydrogen (secondary N) is 1. The Labute approximate surface area is 119 Å². The molecule has 0 radical (unpaired) electrons. The quantitative estimate of drug-likeness (QED) is 0.839. The van der Waals surface area contributed by atoms with Gasteiger partial charge in [-0.2, -0.15) is 0 Å². The molecule has 1 aromatic rings. The lowest BCUT2D eigenvalue weighted by Gasteiger charge is -2.21. The van der Waals surface area contributed by atoms with Gasteiger partial charge in [0.2, 0.25) is 0 Å². The third-order valence-corrected chi connectivity index (χ3v) is 2.29. The highest BCUT2D eigenvalue weighted by molar-refractivity contribution is 6.30. The van der Waals surface area contributed by atoms with Crippen molar-refractivity contribution in [1.29, 1.82) is 0 Å². The number of aliphatic hydroxyl groups excluding tert-OH is 1. The molecule has 0 aliphatic carbocycles. The minimum absolute atomic E-state index is 0.327. The number of carbonyl (C=O) groups is 1. The van der Waals surface area contributed by atoms with Crippen molar-refractivity contribution in [3.8, 4) is 0 Å². The van der Waals surface area contributed by atoms with Gasteiger partial charge in [0.05, 0.1) is 5.56 Å². The van der Waals surface area contributed by atoms with Crippen LogP contribution < -0.4 is 5.32 Å². The van der Waals surface area contributed by atoms with Crippen LogP contribution in [-0.2, 0) is 4.74 Å². The van der Waals surface area contributed by atoms with Crippen LogP contribution in [0.1, 0.15) is 32.4 Å². The Morgan fingerprint density at radius 3 is 2.55 bits per heavy atom. The second-order valence-electron chi connectivity index (χ2n) is 4.83. The average Bonchev–Trinajstić information content (AvgIpc) is 2.25. The van der Waals surface area contributed by atoms with Gasteiger partial charge in [0.15, 0.2) is 0 Å². The molecule has 112 valence electrons. The number of ether oxygens (including phenoxy) is 1. The summed E-state index contributed by atoms with van der Waals surface area (Å²) in [4.78, 5) is 18.7. The van der Waals surface area contributed by atoms with Crippen LogP contribution >= 0.6 is 11.6 Å². The first-order chi connectivity index (χ1) is 9.11. The van der Waals surface area contributed by atoms with Gasteiger partial charge in [-0.25, -0.2) is 23.5 Å². The van der Waals surface area contributed by atoms with Crippen LogP contribution in [0.2, 0.25) is 5.15 Å². The van der Waals surface area contributed by atoms with E-state index in [0.29, 0.717) is 0 Å². The molecule has 0 fully saturated rings. The maximum absolute atomic E-state index is 12.6. The summed E-state index contributed by atoms with van der Waals surface area (Å²) in [6, 6.07) is 0. The van der Waals surface area contributed by atoms with Gasteiger partial charge in [-0.1, -0.05) is 11.6 Å². The van der Waals surface area contributed by atoms with Gasteiger partial charge in [0.1, 0.15) is 29.0 Å². The number of alkyl halides is 2. The van der Waals surface area contributed by atoms with Gasteiger partial charge in [0, 0.05) is 0 Å². The highest BCUT2D eigenvalue weighted by atomic mass is 35.5. The average molecular weight is 310 g/mol. The van der Waals surface area contributed by atoms with Gasteiger partial charge in [-0.3, -0.25) is 5.32 Å². The van der Waals surface area contributed by atoms with Crippen LogP contribution in [-0.4, -0.2) is 33.2 Å². The molecule has 9 heteroatoms. The smallest absolute Gasteiger partial charge is 0.413 e. The molecule has 0 aliphatic heterocycles. The Bertz CT molecular complexity index is 494. The van der Waals surface area contributed by atoms with E-state index in [-0.39, 0.29) is 11.0 Å². The first-order valence-corrected chi connectivity index (χ1v) is 5.96. The lowest BCUT2D eigenvalue weighted by Crippen LogP contribution is -2.28. The second-order valence-corrected chi connectivity index (χ2v) is 5.19. The first kappa shape index (κ1) is 16.5. The fourth-order valence-corrected chi connectivity index (χ4v) is 1.51. The lowest BCUT2D eigenvalue weighted by atomic mass is 10.2. The number of hydrogen-bond acceptors (Lipinski definition) is 5. The molecular weight excluding hydrogens is 296 g/mol. The van der Waals surface area contributed by atoms with E-state index < -0.39 is 29.8 Å². The third kappa shape index (κ3) is 4.53. The number of rotatable bonds is 3. The fourth-order valence-electron chi connectivity index (χ4n) is 1.26. The Balaban J connectivity index is 3.01. The number of aliphatic hydroxyl groups is 1. The van der Waals surface area contributed by atoms with E-state index in [1.54, 1.807) is 20.8 Å². The van der Waals surface area contributed by atoms with Crippen molar-refractivity contribution in [3.63, 3.8) is 0 Å². The maximum atomic E-state index is 12.6. The SMILES string of the molecule is CC(C)(C)OC(=O)Nc1ncnc(Cl)c1[C@@H](O)C(F)F. The largest absolute Gasteiger partial charge is 0.444 e. The molecule has 0 aromatic carbocycles. The van der Waals surface area contributed by atoms with Crippen LogP contribution in [0, 0.1) is 0 Å². The molecule has 0 aliphatic rings. The molecule has 2 N–H and O–H groups in total. The van der Waals surface area contributed by atoms with Gasteiger partial charge in [-0.05, 0) is 20.8 Å². The van der Waals surface area contributed by atoms with Crippen LogP contribution in [0.25, 0.3) is 0 Å². The Kier molecular flexibility index (Phi) is 5.18. The number of halogens is 3. The van der Waals surface area contributed by atoms with Crippen molar-refractivity contribution in [3.05, 3.63) is 17.0 Å². The van der Waals surface area contributed by atoms with Crippen molar-refractivity contribution in [2.24, 2.45) is 0 Å². The molecule has 0 saturated carbocycles. The monoisotopic (exact) mass is 309 g/mol. The minimum Gasteiger partial charge on any atom is -0.444 e. The zero-order valence-corrected chi connectivity index (χ0v) is 11.8. The van der Waals surface area contributed by atoms with E-state index in [9.17, 15) is 18.7 Å². The molecule has 0 unspecified atom stereocenters. The van der Waals surface area contributed by atoms with E-state index in [2.05, 4.69) is 15.3 Å². The summed E-state index contributed by atoms with van der Waals surface area (Å²) in [6.07, 6.45) is -5.25. The molecule has 0 saturated heterocycles. The summed E-state index contributed by atoms with van der Waals surface area (Å²) in [6.45, 7) is 4.90. The van der Waals surface area contributed by atoms with E-state index >= 15 is 0 Å². The van der Waals surface area contributed by atoms with Crippen molar-refractivity contribution in [2.45, 2.75) is 38.9 Å². The van der Waals surface area contributed by atoms with Crippen LogP contribution in [0.3, 0.4) is 0 Å². The summed E-state index contributed by atoms with van der Waals surface area (Å²) >= 11 is 5.65. The molecule has 6 nitrogen and oxygen atoms in total. The number of amides is 1. The van der Waals surface area contributed by atoms with Crippen molar-refractivity contribution in [2.75, 3.05) is 5.32 Å². The Morgan fingerprint density at radius 2 is 2.05 bits per heavy atom. The van der Waals surface area contributed by atoms with Gasteiger partial charge >= 0.3 is 6.09 Å². The third-order valence-electron chi connectivity index (χ3n) is 1.99. The summed E-state index contributed by atoms with van der Waals surface area (Å²) in [5, 5.41) is 11.2. The highest BCUT2D eigenvalue weighted by Gasteiger charge is 2.28. The van der Waals surface area contributed by atoms with Crippen LogP contribution in [0.5, 0.6) is 0 Å². The highest BCUT2D eigenvalue weighted by Crippen LogP contribution is 2.31. The zero-order valence-electron chi connectivity index (χ0n) is 11.0. The number of hydrogen-bond donors (Lipinski definition) is 2. The summed E-state index contributed by atoms with van der Waals surface area (Å²) in [5.41, 5.74) is -1.24. The normalized spacial score (nSPS) is 13.2. The second kappa shape index (κ2) is 6.27. The number of anilines is 1. The first-order valence-electron chi connectivity index (χ1n) is 5.58. The molecular formula is C11H14ClF2N3O3. The van der Waals surface area contributed by atoms with Crippen molar-refractivity contribution >= 4 is 23.5 Å². The van der Waals surface area contributed by atoms with Gasteiger partial charge < -0.3 is 9.84 Å². The molecule has 1 aromatic heterocycles. The summed E-state index contributed by atoms with van der Waals surface area (Å²) in [7, 11) is 0. The summed E-state index contributed by atoms with van der Waals surface area (Å²) in [5.74, 6) is -0.327. The summed E-state index contributed by atoms with van der Waals surface area (Å²) < 4.78 is 30.1. The number of nitrogens with zero attached hydrogens (tertiary/aromatic N) is 2. The number of carbonyl (C=O) groups excluding carboxylic acids is 1. The molecule has 20 heavy (non-hydrogen) atoms. The fraction of sp³-hybridized carbons (Fsp3) is 0.545. The van der Waals surface area contributed by atoms with Gasteiger partial charge in [-0.15, -0.1) is 0 Å². The standard InChI is InChI=1S/C11H14ClF2N3O3/c1-11(2,3)20-10(19)17-9-5(6(18)8(13)14)7(12)15-4-16-9/h4,6,8,18H,1-3H3,(H,15,16,17,19)/t6-/m1/s1. The molecule has 1 atom stereocenters. The molecule has 1 heterocycles. The van der Waals surface area contributed by atoms with Crippen molar-refractivity contribution < 1.29 is 23.4 Å². The van der Waals surface area contributed by atoms with E-state index in [1.807, 2.05) is 0 Å². The molecule has 1 rings (SSSR count). The van der Waals surface area contributed by atoms with E-state index in [1.165, 1.54) is 0 Å². The van der Waals surface area contributed by atoms with Crippen molar-refractivity contribution in [1.82, 2.24) is 9.97 Å². The van der Waals surface area contributed by atoms with Gasteiger partial charge in [0.25, 0.3) is 6.43 Å². The van der Waals surface area contributed by atoms with Crippen LogP contribution in [0.15, 0.2) is 6.33 Å². The molecule has 0 spiro atoms. The van der Waals surface area contributed by atoms with Crippen LogP contribution in [0.4, 0.5) is 19.4 Å². The predicted molar refractivity (Wildman–Crippen MR) is 67.9 cm³/mol. The minimum atomic E-state index is -3.10. The van der Waals surface area contributed by atoms with E-state index in [4.69, 9.17) is 16.3 Å². The predicted octanol–water partition coefficient (Wildman–Crippen LogP) is 2.78. The Hall–Kier alpha value is -1.54. The maximum Gasteiger partial charge on any atom is 0.413 e. The topological polar surface area (TPSA) is 84.3 Å². The molecule has 0 bridgehead atoms. The number of aromatic nitrogens is 2. The zero-order chi connectivity index (χ0) is 15.5. The molecule has 1 amide bonds. The van der Waals surface area contributed by atoms with E-state index in [0.717, 1.165) is 6.33 Å². The Morgan fingerprint density at radius 1 is 1.45 bits per heavy atom.